The molecule has 0 unspecified atom stereocenters. The zero-order chi connectivity index (χ0) is 11.7. The van der Waals surface area contributed by atoms with Crippen molar-refractivity contribution in [2.24, 2.45) is 0 Å². The van der Waals surface area contributed by atoms with Gasteiger partial charge in [-0.2, -0.15) is 11.8 Å². The fraction of sp³-hybridized carbons (Fsp3) is 0.692. The van der Waals surface area contributed by atoms with E-state index in [0.29, 0.717) is 11.8 Å². The Morgan fingerprint density at radius 2 is 1.81 bits per heavy atom. The molecule has 0 saturated heterocycles. The van der Waals surface area contributed by atoms with E-state index in [4.69, 9.17) is 9.97 Å². The lowest BCUT2D eigenvalue weighted by Gasteiger charge is -2.21. The molecule has 1 aromatic rings. The number of aromatic nitrogens is 2. The monoisotopic (exact) mass is 236 g/mol. The van der Waals surface area contributed by atoms with Crippen LogP contribution in [0, 0.1) is 0 Å². The van der Waals surface area contributed by atoms with Crippen LogP contribution in [-0.2, 0) is 12.2 Å². The molecule has 16 heavy (non-hydrogen) atoms. The van der Waals surface area contributed by atoms with Gasteiger partial charge >= 0.3 is 0 Å². The first kappa shape index (κ1) is 11.9. The highest BCUT2D eigenvalue weighted by Crippen LogP contribution is 2.30. The molecular formula is C13H20N2S. The summed E-state index contributed by atoms with van der Waals surface area (Å²) >= 11 is 2.00. The summed E-state index contributed by atoms with van der Waals surface area (Å²) in [6.07, 6.45) is 1.11. The fourth-order valence-corrected chi connectivity index (χ4v) is 3.01. The molecule has 0 saturated carbocycles. The maximum absolute atomic E-state index is 4.76. The standard InChI is InChI=1S/C13H20N2S/c1-8(2)12-10-7-16-6-5-11(10)14-13(15-12)9(3)4/h8-9H,5-7H2,1-4H3. The van der Waals surface area contributed by atoms with E-state index in [1.807, 2.05) is 11.8 Å². The van der Waals surface area contributed by atoms with Crippen molar-refractivity contribution in [3.8, 4) is 0 Å². The highest BCUT2D eigenvalue weighted by Gasteiger charge is 2.20. The van der Waals surface area contributed by atoms with Gasteiger partial charge in [0.25, 0.3) is 0 Å². The Morgan fingerprint density at radius 3 is 2.44 bits per heavy atom. The quantitative estimate of drug-likeness (QED) is 0.786. The molecule has 0 radical (unpaired) electrons. The van der Waals surface area contributed by atoms with Crippen molar-refractivity contribution in [3.63, 3.8) is 0 Å². The van der Waals surface area contributed by atoms with Crippen molar-refractivity contribution in [1.82, 2.24) is 9.97 Å². The van der Waals surface area contributed by atoms with Crippen LogP contribution >= 0.6 is 11.8 Å². The molecule has 0 spiro atoms. The van der Waals surface area contributed by atoms with E-state index in [2.05, 4.69) is 27.7 Å². The SMILES string of the molecule is CC(C)c1nc2c(c(C(C)C)n1)CSCC2. The van der Waals surface area contributed by atoms with E-state index in [1.165, 1.54) is 22.7 Å². The average Bonchev–Trinajstić information content (AvgIpc) is 2.27. The summed E-state index contributed by atoms with van der Waals surface area (Å²) < 4.78 is 0. The number of nitrogens with zero attached hydrogens (tertiary/aromatic N) is 2. The zero-order valence-electron chi connectivity index (χ0n) is 10.6. The van der Waals surface area contributed by atoms with Crippen LogP contribution in [0.2, 0.25) is 0 Å². The van der Waals surface area contributed by atoms with Crippen LogP contribution in [0.5, 0.6) is 0 Å². The van der Waals surface area contributed by atoms with Crippen LogP contribution in [0.4, 0.5) is 0 Å². The van der Waals surface area contributed by atoms with Gasteiger partial charge in [-0.1, -0.05) is 27.7 Å². The summed E-state index contributed by atoms with van der Waals surface area (Å²) in [5.41, 5.74) is 4.00. The van der Waals surface area contributed by atoms with Crippen LogP contribution in [0.25, 0.3) is 0 Å². The number of aryl methyl sites for hydroxylation is 1. The molecule has 0 aliphatic carbocycles. The van der Waals surface area contributed by atoms with E-state index >= 15 is 0 Å². The second-order valence-electron chi connectivity index (χ2n) is 5.00. The van der Waals surface area contributed by atoms with Gasteiger partial charge in [0.2, 0.25) is 0 Å². The second kappa shape index (κ2) is 4.74. The molecule has 0 atom stereocenters. The van der Waals surface area contributed by atoms with Crippen LogP contribution in [0.15, 0.2) is 0 Å². The molecule has 88 valence electrons. The van der Waals surface area contributed by atoms with Crippen molar-refractivity contribution in [2.75, 3.05) is 5.75 Å². The second-order valence-corrected chi connectivity index (χ2v) is 6.11. The zero-order valence-corrected chi connectivity index (χ0v) is 11.4. The topological polar surface area (TPSA) is 25.8 Å². The Kier molecular flexibility index (Phi) is 3.53. The van der Waals surface area contributed by atoms with Gasteiger partial charge in [0, 0.05) is 22.9 Å². The van der Waals surface area contributed by atoms with E-state index in [1.54, 1.807) is 0 Å². The number of fused-ring (bicyclic) bond motifs is 1. The fourth-order valence-electron chi connectivity index (χ4n) is 2.01. The van der Waals surface area contributed by atoms with Crippen LogP contribution < -0.4 is 0 Å². The lowest BCUT2D eigenvalue weighted by Crippen LogP contribution is -2.15. The molecule has 0 N–H and O–H groups in total. The molecule has 2 nitrogen and oxygen atoms in total. The van der Waals surface area contributed by atoms with E-state index in [9.17, 15) is 0 Å². The van der Waals surface area contributed by atoms with Gasteiger partial charge in [0.15, 0.2) is 0 Å². The van der Waals surface area contributed by atoms with Crippen molar-refractivity contribution in [3.05, 3.63) is 22.8 Å². The minimum absolute atomic E-state index is 0.428. The lowest BCUT2D eigenvalue weighted by molar-refractivity contribution is 0.703. The molecule has 3 heteroatoms. The van der Waals surface area contributed by atoms with E-state index in [0.717, 1.165) is 18.0 Å². The predicted octanol–water partition coefficient (Wildman–Crippen LogP) is 3.51. The maximum atomic E-state index is 4.76. The third-order valence-corrected chi connectivity index (χ3v) is 3.92. The number of hydrogen-bond donors (Lipinski definition) is 0. The third kappa shape index (κ3) is 2.24. The normalized spacial score (nSPS) is 15.6. The number of thioether (sulfide) groups is 1. The molecule has 1 aliphatic heterocycles. The van der Waals surface area contributed by atoms with Gasteiger partial charge in [-0.15, -0.1) is 0 Å². The smallest absolute Gasteiger partial charge is 0.131 e. The van der Waals surface area contributed by atoms with Gasteiger partial charge < -0.3 is 0 Å². The summed E-state index contributed by atoms with van der Waals surface area (Å²) in [6, 6.07) is 0. The Labute approximate surface area is 102 Å². The van der Waals surface area contributed by atoms with Crippen LogP contribution in [0.1, 0.15) is 62.3 Å². The van der Waals surface area contributed by atoms with Crippen LogP contribution in [0.3, 0.4) is 0 Å². The molecule has 2 heterocycles. The first-order valence-electron chi connectivity index (χ1n) is 6.07. The molecule has 0 aromatic carbocycles. The highest BCUT2D eigenvalue weighted by molar-refractivity contribution is 7.98. The maximum Gasteiger partial charge on any atom is 0.131 e. The Morgan fingerprint density at radius 1 is 1.06 bits per heavy atom. The van der Waals surface area contributed by atoms with Crippen molar-refractivity contribution in [2.45, 2.75) is 51.7 Å². The van der Waals surface area contributed by atoms with Crippen molar-refractivity contribution < 1.29 is 0 Å². The molecule has 1 aliphatic rings. The minimum atomic E-state index is 0.428. The van der Waals surface area contributed by atoms with Crippen LogP contribution in [-0.4, -0.2) is 15.7 Å². The third-order valence-electron chi connectivity index (χ3n) is 2.93. The van der Waals surface area contributed by atoms with Gasteiger partial charge in [-0.3, -0.25) is 0 Å². The summed E-state index contributed by atoms with van der Waals surface area (Å²) in [4.78, 5) is 9.49. The Bertz CT molecular complexity index is 386. The largest absolute Gasteiger partial charge is 0.237 e. The highest BCUT2D eigenvalue weighted by atomic mass is 32.2. The van der Waals surface area contributed by atoms with Gasteiger partial charge in [-0.25, -0.2) is 9.97 Å². The van der Waals surface area contributed by atoms with E-state index < -0.39 is 0 Å². The summed E-state index contributed by atoms with van der Waals surface area (Å²) in [7, 11) is 0. The number of hydrogen-bond acceptors (Lipinski definition) is 3. The first-order chi connectivity index (χ1) is 7.59. The molecule has 0 fully saturated rings. The molecule has 0 bridgehead atoms. The summed E-state index contributed by atoms with van der Waals surface area (Å²) in [5.74, 6) is 4.26. The van der Waals surface area contributed by atoms with Gasteiger partial charge in [0.05, 0.1) is 5.69 Å². The number of rotatable bonds is 2. The summed E-state index contributed by atoms with van der Waals surface area (Å²) in [6.45, 7) is 8.80. The van der Waals surface area contributed by atoms with Crippen molar-refractivity contribution >= 4 is 11.8 Å². The van der Waals surface area contributed by atoms with Gasteiger partial charge in [0.1, 0.15) is 5.82 Å². The minimum Gasteiger partial charge on any atom is -0.237 e. The summed E-state index contributed by atoms with van der Waals surface area (Å²) in [5, 5.41) is 0. The average molecular weight is 236 g/mol. The Balaban J connectivity index is 2.52. The molecule has 1 aromatic heterocycles. The Hall–Kier alpha value is -0.570. The lowest BCUT2D eigenvalue weighted by atomic mass is 10.0. The molecular weight excluding hydrogens is 216 g/mol. The molecule has 2 rings (SSSR count). The van der Waals surface area contributed by atoms with Crippen molar-refractivity contribution in [1.29, 1.82) is 0 Å². The first-order valence-corrected chi connectivity index (χ1v) is 7.22. The van der Waals surface area contributed by atoms with Gasteiger partial charge in [-0.05, 0) is 18.1 Å². The molecule has 0 amide bonds. The predicted molar refractivity (Wildman–Crippen MR) is 70.1 cm³/mol. The van der Waals surface area contributed by atoms with E-state index in [-0.39, 0.29) is 0 Å².